The minimum Gasteiger partial charge on any atom is -0.481 e. The summed E-state index contributed by atoms with van der Waals surface area (Å²) in [6, 6.07) is 10.1. The van der Waals surface area contributed by atoms with Gasteiger partial charge >= 0.3 is 12.0 Å². The summed E-state index contributed by atoms with van der Waals surface area (Å²) in [6.45, 7) is 2.43. The molecule has 0 aliphatic rings. The number of aryl methyl sites for hydroxylation is 1. The largest absolute Gasteiger partial charge is 0.481 e. The molecule has 0 fully saturated rings. The Balaban J connectivity index is 2.24. The smallest absolute Gasteiger partial charge is 0.317 e. The van der Waals surface area contributed by atoms with Gasteiger partial charge in [0.15, 0.2) is 0 Å². The first kappa shape index (κ1) is 17.0. The second kappa shape index (κ2) is 9.00. The zero-order valence-electron chi connectivity index (χ0n) is 12.7. The van der Waals surface area contributed by atoms with Crippen molar-refractivity contribution in [3.63, 3.8) is 0 Å². The summed E-state index contributed by atoms with van der Waals surface area (Å²) in [6.07, 6.45) is 2.35. The van der Waals surface area contributed by atoms with E-state index in [1.54, 1.807) is 7.05 Å². The molecular formula is C16H24N2O3. The highest BCUT2D eigenvalue weighted by Gasteiger charge is 2.12. The van der Waals surface area contributed by atoms with E-state index in [1.807, 2.05) is 25.1 Å². The van der Waals surface area contributed by atoms with Crippen molar-refractivity contribution in [3.05, 3.63) is 35.9 Å². The monoisotopic (exact) mass is 292 g/mol. The number of rotatable bonds is 8. The van der Waals surface area contributed by atoms with E-state index in [1.165, 1.54) is 10.5 Å². The number of hydrogen-bond acceptors (Lipinski definition) is 2. The van der Waals surface area contributed by atoms with E-state index in [9.17, 15) is 9.59 Å². The van der Waals surface area contributed by atoms with Crippen LogP contribution in [-0.2, 0) is 11.2 Å². The molecule has 1 rings (SSSR count). The summed E-state index contributed by atoms with van der Waals surface area (Å²) < 4.78 is 0. The van der Waals surface area contributed by atoms with Gasteiger partial charge in [0.25, 0.3) is 0 Å². The van der Waals surface area contributed by atoms with Gasteiger partial charge in [0.05, 0.1) is 0 Å². The molecule has 0 saturated heterocycles. The lowest BCUT2D eigenvalue weighted by atomic mass is 10.1. The highest BCUT2D eigenvalue weighted by atomic mass is 16.4. The Morgan fingerprint density at radius 2 is 1.95 bits per heavy atom. The fourth-order valence-corrected chi connectivity index (χ4v) is 1.99. The number of amides is 2. The maximum atomic E-state index is 11.9. The number of nitrogens with one attached hydrogen (secondary N) is 1. The van der Waals surface area contributed by atoms with Crippen molar-refractivity contribution in [3.8, 4) is 0 Å². The molecule has 0 saturated carbocycles. The summed E-state index contributed by atoms with van der Waals surface area (Å²) in [4.78, 5) is 23.9. The van der Waals surface area contributed by atoms with Crippen molar-refractivity contribution in [1.82, 2.24) is 10.2 Å². The Morgan fingerprint density at radius 1 is 1.29 bits per heavy atom. The minimum absolute atomic E-state index is 0.0830. The Labute approximate surface area is 126 Å². The summed E-state index contributed by atoms with van der Waals surface area (Å²) in [5, 5.41) is 11.5. The minimum atomic E-state index is -0.833. The van der Waals surface area contributed by atoms with Gasteiger partial charge in [-0.05, 0) is 31.7 Å². The van der Waals surface area contributed by atoms with Crippen LogP contribution in [-0.4, -0.2) is 41.6 Å². The number of nitrogens with zero attached hydrogens (tertiary/aromatic N) is 1. The van der Waals surface area contributed by atoms with Gasteiger partial charge in [-0.1, -0.05) is 30.3 Å². The molecule has 21 heavy (non-hydrogen) atoms. The third-order valence-corrected chi connectivity index (χ3v) is 3.31. The maximum absolute atomic E-state index is 11.9. The highest BCUT2D eigenvalue weighted by Crippen LogP contribution is 2.05. The molecule has 1 aromatic rings. The normalized spacial score (nSPS) is 11.7. The molecule has 2 amide bonds. The lowest BCUT2D eigenvalue weighted by Crippen LogP contribution is -2.42. The van der Waals surface area contributed by atoms with Gasteiger partial charge in [0.2, 0.25) is 0 Å². The third kappa shape index (κ3) is 7.34. The predicted octanol–water partition coefficient (Wildman–Crippen LogP) is 2.51. The van der Waals surface area contributed by atoms with Crippen LogP contribution in [0.25, 0.3) is 0 Å². The Hall–Kier alpha value is -2.04. The van der Waals surface area contributed by atoms with Crippen molar-refractivity contribution >= 4 is 12.0 Å². The Kier molecular flexibility index (Phi) is 7.29. The molecular weight excluding hydrogens is 268 g/mol. The van der Waals surface area contributed by atoms with Crippen LogP contribution in [0, 0.1) is 0 Å². The fraction of sp³-hybridized carbons (Fsp3) is 0.500. The first-order valence-electron chi connectivity index (χ1n) is 7.26. The standard InChI is InChI=1S/C16H24N2O3/c1-13(10-11-14-7-4-3-5-8-14)17-16(21)18(2)12-6-9-15(19)20/h3-5,7-8,13H,6,9-12H2,1-2H3,(H,17,21)(H,19,20). The molecule has 0 aliphatic heterocycles. The summed E-state index contributed by atoms with van der Waals surface area (Å²) in [5.74, 6) is -0.833. The van der Waals surface area contributed by atoms with Gasteiger partial charge < -0.3 is 15.3 Å². The quantitative estimate of drug-likeness (QED) is 0.773. The SMILES string of the molecule is CC(CCc1ccccc1)NC(=O)N(C)CCCC(=O)O. The van der Waals surface area contributed by atoms with Crippen LogP contribution in [0.15, 0.2) is 30.3 Å². The van der Waals surface area contributed by atoms with Gasteiger partial charge in [-0.3, -0.25) is 4.79 Å². The van der Waals surface area contributed by atoms with E-state index in [-0.39, 0.29) is 18.5 Å². The molecule has 0 aliphatic carbocycles. The Bertz CT molecular complexity index is 448. The van der Waals surface area contributed by atoms with E-state index in [4.69, 9.17) is 5.11 Å². The van der Waals surface area contributed by atoms with Crippen LogP contribution in [0.4, 0.5) is 4.79 Å². The van der Waals surface area contributed by atoms with Gasteiger partial charge in [-0.15, -0.1) is 0 Å². The highest BCUT2D eigenvalue weighted by molar-refractivity contribution is 5.74. The van der Waals surface area contributed by atoms with Crippen LogP contribution in [0.3, 0.4) is 0 Å². The van der Waals surface area contributed by atoms with Crippen molar-refractivity contribution in [2.24, 2.45) is 0 Å². The van der Waals surface area contributed by atoms with Crippen LogP contribution in [0.1, 0.15) is 31.7 Å². The molecule has 5 nitrogen and oxygen atoms in total. The molecule has 2 N–H and O–H groups in total. The van der Waals surface area contributed by atoms with E-state index in [0.717, 1.165) is 12.8 Å². The first-order chi connectivity index (χ1) is 9.99. The van der Waals surface area contributed by atoms with Crippen molar-refractivity contribution in [2.45, 2.75) is 38.6 Å². The number of aliphatic carboxylic acids is 1. The molecule has 0 spiro atoms. The molecule has 0 radical (unpaired) electrons. The van der Waals surface area contributed by atoms with E-state index < -0.39 is 5.97 Å². The molecule has 1 aromatic carbocycles. The van der Waals surface area contributed by atoms with Gasteiger partial charge in [-0.2, -0.15) is 0 Å². The zero-order valence-corrected chi connectivity index (χ0v) is 12.7. The number of carbonyl (C=O) groups is 2. The zero-order chi connectivity index (χ0) is 15.7. The lowest BCUT2D eigenvalue weighted by molar-refractivity contribution is -0.137. The number of carbonyl (C=O) groups excluding carboxylic acids is 1. The van der Waals surface area contributed by atoms with Crippen LogP contribution < -0.4 is 5.32 Å². The van der Waals surface area contributed by atoms with E-state index >= 15 is 0 Å². The average Bonchev–Trinajstić information content (AvgIpc) is 2.45. The average molecular weight is 292 g/mol. The van der Waals surface area contributed by atoms with Gasteiger partial charge in [0.1, 0.15) is 0 Å². The molecule has 1 unspecified atom stereocenters. The number of carboxylic acid groups (broad SMARTS) is 1. The second-order valence-electron chi connectivity index (χ2n) is 5.29. The summed E-state index contributed by atoms with van der Waals surface area (Å²) in [5.41, 5.74) is 1.26. The van der Waals surface area contributed by atoms with Crippen LogP contribution in [0.5, 0.6) is 0 Å². The van der Waals surface area contributed by atoms with Crippen LogP contribution in [0.2, 0.25) is 0 Å². The fourth-order valence-electron chi connectivity index (χ4n) is 1.99. The molecule has 0 aromatic heterocycles. The van der Waals surface area contributed by atoms with Gasteiger partial charge in [0, 0.05) is 26.1 Å². The number of urea groups is 1. The lowest BCUT2D eigenvalue weighted by Gasteiger charge is -2.21. The molecule has 0 bridgehead atoms. The number of hydrogen-bond donors (Lipinski definition) is 2. The third-order valence-electron chi connectivity index (χ3n) is 3.31. The Morgan fingerprint density at radius 3 is 2.57 bits per heavy atom. The predicted molar refractivity (Wildman–Crippen MR) is 82.3 cm³/mol. The van der Waals surface area contributed by atoms with Crippen LogP contribution >= 0.6 is 0 Å². The molecule has 5 heteroatoms. The van der Waals surface area contributed by atoms with Crippen molar-refractivity contribution < 1.29 is 14.7 Å². The van der Waals surface area contributed by atoms with Crippen molar-refractivity contribution in [2.75, 3.05) is 13.6 Å². The summed E-state index contributed by atoms with van der Waals surface area (Å²) >= 11 is 0. The number of benzene rings is 1. The maximum Gasteiger partial charge on any atom is 0.317 e. The molecule has 1 atom stereocenters. The second-order valence-corrected chi connectivity index (χ2v) is 5.29. The first-order valence-corrected chi connectivity index (χ1v) is 7.26. The molecule has 116 valence electrons. The van der Waals surface area contributed by atoms with E-state index in [0.29, 0.717) is 13.0 Å². The topological polar surface area (TPSA) is 69.6 Å². The van der Waals surface area contributed by atoms with Gasteiger partial charge in [-0.25, -0.2) is 4.79 Å². The van der Waals surface area contributed by atoms with Crippen molar-refractivity contribution in [1.29, 1.82) is 0 Å². The van der Waals surface area contributed by atoms with E-state index in [2.05, 4.69) is 17.4 Å². The molecule has 0 heterocycles. The number of carboxylic acids is 1. The summed E-state index contributed by atoms with van der Waals surface area (Å²) in [7, 11) is 1.68.